The number of allylic oxidation sites excluding steroid dienone is 1. The van der Waals surface area contributed by atoms with E-state index in [9.17, 15) is 35.5 Å². The van der Waals surface area contributed by atoms with Gasteiger partial charge in [-0.1, -0.05) is 40.9 Å². The van der Waals surface area contributed by atoms with Crippen molar-refractivity contribution in [3.63, 3.8) is 0 Å². The Bertz CT molecular complexity index is 1120. The zero-order valence-electron chi connectivity index (χ0n) is 18.2. The van der Waals surface area contributed by atoms with Crippen LogP contribution in [0.3, 0.4) is 0 Å². The summed E-state index contributed by atoms with van der Waals surface area (Å²) in [6.45, 7) is 4.91. The lowest BCUT2D eigenvalue weighted by Crippen LogP contribution is -2.49. The van der Waals surface area contributed by atoms with E-state index in [4.69, 9.17) is 34.8 Å². The van der Waals surface area contributed by atoms with E-state index in [1.54, 1.807) is 20.8 Å². The highest BCUT2D eigenvalue weighted by Crippen LogP contribution is 2.42. The summed E-state index contributed by atoms with van der Waals surface area (Å²) in [6, 6.07) is 3.35. The van der Waals surface area contributed by atoms with Crippen LogP contribution >= 0.6 is 34.8 Å². The fourth-order valence-electron chi connectivity index (χ4n) is 2.81. The van der Waals surface area contributed by atoms with Crippen LogP contribution in [0.2, 0.25) is 15.1 Å². The van der Waals surface area contributed by atoms with E-state index in [-0.39, 0.29) is 27.2 Å². The molecular formula is C22H18Cl3F7N2O. The van der Waals surface area contributed by atoms with E-state index in [2.05, 4.69) is 10.9 Å². The third-order valence-electron chi connectivity index (χ3n) is 4.43. The van der Waals surface area contributed by atoms with E-state index in [1.807, 2.05) is 0 Å². The molecule has 1 unspecified atom stereocenters. The van der Waals surface area contributed by atoms with Crippen molar-refractivity contribution in [2.24, 2.45) is 0 Å². The fraction of sp³-hybridized carbons (Fsp3) is 0.318. The van der Waals surface area contributed by atoms with Crippen LogP contribution in [0.5, 0.6) is 0 Å². The van der Waals surface area contributed by atoms with Crippen LogP contribution in [-0.4, -0.2) is 17.6 Å². The SMILES string of the molecule is CC(C)(C)NNC(=O)c1ccc(/C(F)=C/C(c2cc(Cl)c(Cl)c(Cl)c2)C(F)(F)F)cc1C(F)(F)F. The maximum absolute atomic E-state index is 14.9. The van der Waals surface area contributed by atoms with Gasteiger partial charge in [-0.05, 0) is 56.7 Å². The van der Waals surface area contributed by atoms with Gasteiger partial charge in [0.1, 0.15) is 11.7 Å². The zero-order valence-corrected chi connectivity index (χ0v) is 20.5. The van der Waals surface area contributed by atoms with Gasteiger partial charge in [0.15, 0.2) is 0 Å². The van der Waals surface area contributed by atoms with Crippen LogP contribution < -0.4 is 10.9 Å². The topological polar surface area (TPSA) is 41.1 Å². The molecule has 0 saturated carbocycles. The number of rotatable bonds is 5. The Kier molecular flexibility index (Phi) is 8.80. The summed E-state index contributed by atoms with van der Waals surface area (Å²) in [5.41, 5.74) is 0.147. The standard InChI is InChI=1S/C22H18Cl3F7N2O/c1-20(2,3)34-33-19(35)12-5-4-10(6-14(12)22(30,31)32)17(26)9-13(21(27,28)29)11-7-15(23)18(25)16(24)8-11/h4-9,13,34H,1-3H3,(H,33,35)/b17-9-. The monoisotopic (exact) mass is 564 g/mol. The minimum atomic E-state index is -5.11. The first-order valence-electron chi connectivity index (χ1n) is 9.69. The Morgan fingerprint density at radius 2 is 1.49 bits per heavy atom. The van der Waals surface area contributed by atoms with Crippen LogP contribution in [-0.2, 0) is 6.18 Å². The number of carbonyl (C=O) groups excluding carboxylic acids is 1. The third-order valence-corrected chi connectivity index (χ3v) is 5.62. The first kappa shape index (κ1) is 29.2. The molecule has 2 aromatic rings. The summed E-state index contributed by atoms with van der Waals surface area (Å²) in [5, 5.41) is -0.862. The molecule has 0 aromatic heterocycles. The molecule has 0 aliphatic carbocycles. The van der Waals surface area contributed by atoms with Gasteiger partial charge in [-0.25, -0.2) is 9.82 Å². The van der Waals surface area contributed by atoms with E-state index in [0.717, 1.165) is 18.2 Å². The molecule has 3 nitrogen and oxygen atoms in total. The summed E-state index contributed by atoms with van der Waals surface area (Å²) in [7, 11) is 0. The van der Waals surface area contributed by atoms with E-state index in [1.165, 1.54) is 0 Å². The Morgan fingerprint density at radius 1 is 0.943 bits per heavy atom. The molecular weight excluding hydrogens is 548 g/mol. The molecule has 0 saturated heterocycles. The van der Waals surface area contributed by atoms with E-state index >= 15 is 0 Å². The highest BCUT2D eigenvalue weighted by molar-refractivity contribution is 6.48. The van der Waals surface area contributed by atoms with Gasteiger partial charge in [0.2, 0.25) is 0 Å². The number of hydrogen-bond acceptors (Lipinski definition) is 2. The smallest absolute Gasteiger partial charge is 0.287 e. The summed E-state index contributed by atoms with van der Waals surface area (Å²) in [5.74, 6) is -5.38. The Balaban J connectivity index is 2.55. The number of nitrogens with one attached hydrogen (secondary N) is 2. The number of benzene rings is 2. The van der Waals surface area contributed by atoms with Crippen molar-refractivity contribution in [2.75, 3.05) is 0 Å². The van der Waals surface area contributed by atoms with Crippen molar-refractivity contribution in [1.29, 1.82) is 0 Å². The molecule has 0 aliphatic heterocycles. The van der Waals surface area contributed by atoms with Crippen molar-refractivity contribution < 1.29 is 35.5 Å². The van der Waals surface area contributed by atoms with Crippen LogP contribution in [0.25, 0.3) is 5.83 Å². The molecule has 1 amide bonds. The number of hydrogen-bond donors (Lipinski definition) is 2. The minimum absolute atomic E-state index is 0.0896. The van der Waals surface area contributed by atoms with Crippen LogP contribution in [0, 0.1) is 0 Å². The largest absolute Gasteiger partial charge is 0.417 e. The van der Waals surface area contributed by atoms with Gasteiger partial charge in [-0.15, -0.1) is 0 Å². The highest BCUT2D eigenvalue weighted by atomic mass is 35.5. The van der Waals surface area contributed by atoms with Crippen molar-refractivity contribution in [2.45, 2.75) is 44.6 Å². The van der Waals surface area contributed by atoms with Crippen molar-refractivity contribution >= 4 is 46.5 Å². The second-order valence-electron chi connectivity index (χ2n) is 8.42. The van der Waals surface area contributed by atoms with Gasteiger partial charge in [-0.2, -0.15) is 26.3 Å². The molecule has 2 rings (SSSR count). The van der Waals surface area contributed by atoms with Gasteiger partial charge >= 0.3 is 12.4 Å². The average molecular weight is 566 g/mol. The Morgan fingerprint density at radius 3 is 1.94 bits per heavy atom. The highest BCUT2D eigenvalue weighted by Gasteiger charge is 2.41. The van der Waals surface area contributed by atoms with Crippen LogP contribution in [0.4, 0.5) is 30.7 Å². The minimum Gasteiger partial charge on any atom is -0.287 e. The average Bonchev–Trinajstić information content (AvgIpc) is 2.71. The Hall–Kier alpha value is -2.01. The van der Waals surface area contributed by atoms with Gasteiger partial charge in [0.25, 0.3) is 5.91 Å². The molecule has 0 spiro atoms. The van der Waals surface area contributed by atoms with Gasteiger partial charge in [-0.3, -0.25) is 10.2 Å². The summed E-state index contributed by atoms with van der Waals surface area (Å²) < 4.78 is 96.8. The summed E-state index contributed by atoms with van der Waals surface area (Å²) in [4.78, 5) is 12.3. The molecule has 2 N–H and O–H groups in total. The second-order valence-corrected chi connectivity index (χ2v) is 9.61. The lowest BCUT2D eigenvalue weighted by atomic mass is 9.95. The molecule has 1 atom stereocenters. The van der Waals surface area contributed by atoms with Crippen molar-refractivity contribution in [3.8, 4) is 0 Å². The predicted octanol–water partition coefficient (Wildman–Crippen LogP) is 8.36. The number of alkyl halides is 6. The number of amides is 1. The maximum atomic E-state index is 14.9. The number of halogens is 10. The predicted molar refractivity (Wildman–Crippen MR) is 121 cm³/mol. The molecule has 0 heterocycles. The number of carbonyl (C=O) groups is 1. The quantitative estimate of drug-likeness (QED) is 0.217. The fourth-order valence-corrected chi connectivity index (χ4v) is 3.43. The molecule has 0 radical (unpaired) electrons. The molecule has 0 aliphatic rings. The Labute approximate surface area is 211 Å². The third kappa shape index (κ3) is 7.73. The van der Waals surface area contributed by atoms with Crippen LogP contribution in [0.1, 0.15) is 53.7 Å². The molecule has 13 heteroatoms. The molecule has 0 bridgehead atoms. The van der Waals surface area contributed by atoms with Gasteiger partial charge < -0.3 is 0 Å². The second kappa shape index (κ2) is 10.5. The van der Waals surface area contributed by atoms with Gasteiger partial charge in [0, 0.05) is 11.1 Å². The van der Waals surface area contributed by atoms with Gasteiger partial charge in [0.05, 0.1) is 26.2 Å². The normalized spacial score (nSPS) is 14.1. The summed E-state index contributed by atoms with van der Waals surface area (Å²) in [6.07, 6.45) is -10.1. The first-order valence-corrected chi connectivity index (χ1v) is 10.8. The van der Waals surface area contributed by atoms with E-state index in [0.29, 0.717) is 6.07 Å². The molecule has 2 aromatic carbocycles. The maximum Gasteiger partial charge on any atom is 0.417 e. The summed E-state index contributed by atoms with van der Waals surface area (Å²) >= 11 is 17.3. The molecule has 0 fully saturated rings. The van der Waals surface area contributed by atoms with Crippen molar-refractivity contribution in [1.82, 2.24) is 10.9 Å². The lowest BCUT2D eigenvalue weighted by molar-refractivity contribution is -0.140. The number of hydrazine groups is 1. The molecule has 35 heavy (non-hydrogen) atoms. The lowest BCUT2D eigenvalue weighted by Gasteiger charge is -2.22. The molecule has 192 valence electrons. The first-order chi connectivity index (χ1) is 15.8. The van der Waals surface area contributed by atoms with Crippen LogP contribution in [0.15, 0.2) is 36.4 Å². The van der Waals surface area contributed by atoms with E-state index < -0.39 is 57.8 Å². The van der Waals surface area contributed by atoms with Crippen molar-refractivity contribution in [3.05, 3.63) is 73.7 Å². The zero-order chi connectivity index (χ0) is 26.9.